The largest absolute Gasteiger partial charge is 0.494 e. The van der Waals surface area contributed by atoms with Gasteiger partial charge in [0.05, 0.1) is 39.2 Å². The Morgan fingerprint density at radius 3 is 2.52 bits per heavy atom. The van der Waals surface area contributed by atoms with Gasteiger partial charge in [0.1, 0.15) is 17.4 Å². The van der Waals surface area contributed by atoms with Crippen molar-refractivity contribution in [2.75, 3.05) is 43.2 Å². The van der Waals surface area contributed by atoms with E-state index < -0.39 is 22.1 Å². The molecule has 0 bridgehead atoms. The predicted octanol–water partition coefficient (Wildman–Crippen LogP) is 2.49. The van der Waals surface area contributed by atoms with E-state index in [1.54, 1.807) is 30.3 Å². The Bertz CT molecular complexity index is 1210. The number of nitrogens with one attached hydrogen (secondary N) is 1. The Hall–Kier alpha value is -3.47. The minimum Gasteiger partial charge on any atom is -0.494 e. The normalized spacial score (nSPS) is 18.5. The molecule has 2 aromatic carbocycles. The zero-order chi connectivity index (χ0) is 23.8. The summed E-state index contributed by atoms with van der Waals surface area (Å²) in [6.07, 6.45) is -0.343. The third-order valence-electron chi connectivity index (χ3n) is 5.58. The van der Waals surface area contributed by atoms with E-state index in [4.69, 9.17) is 18.9 Å². The third kappa shape index (κ3) is 4.15. The second kappa shape index (κ2) is 8.81. The van der Waals surface area contributed by atoms with Crippen LogP contribution in [0.15, 0.2) is 30.3 Å². The molecule has 0 aromatic heterocycles. The number of nitrogens with zero attached hydrogens (tertiary/aromatic N) is 1. The molecule has 11 heteroatoms. The number of benzene rings is 2. The van der Waals surface area contributed by atoms with E-state index >= 15 is 0 Å². The van der Waals surface area contributed by atoms with E-state index in [1.165, 1.54) is 25.6 Å². The molecule has 0 radical (unpaired) electrons. The summed E-state index contributed by atoms with van der Waals surface area (Å²) in [6, 6.07) is 8.09. The second-order valence-electron chi connectivity index (χ2n) is 7.54. The Morgan fingerprint density at radius 2 is 1.88 bits per heavy atom. The summed E-state index contributed by atoms with van der Waals surface area (Å²) >= 11 is 0. The van der Waals surface area contributed by atoms with Crippen molar-refractivity contribution in [2.45, 2.75) is 18.9 Å². The molecule has 0 spiro atoms. The summed E-state index contributed by atoms with van der Waals surface area (Å²) in [6.45, 7) is 0.380. The van der Waals surface area contributed by atoms with E-state index in [-0.39, 0.29) is 29.4 Å². The average molecular weight is 477 g/mol. The highest BCUT2D eigenvalue weighted by Gasteiger charge is 2.37. The summed E-state index contributed by atoms with van der Waals surface area (Å²) in [5, 5.41) is 2.74. The van der Waals surface area contributed by atoms with Gasteiger partial charge in [-0.1, -0.05) is 6.07 Å². The van der Waals surface area contributed by atoms with Crippen LogP contribution in [0.2, 0.25) is 0 Å². The molecule has 2 aromatic rings. The Morgan fingerprint density at radius 1 is 1.12 bits per heavy atom. The van der Waals surface area contributed by atoms with E-state index in [0.29, 0.717) is 41.4 Å². The smallest absolute Gasteiger partial charge is 0.343 e. The Kier molecular flexibility index (Phi) is 6.07. The van der Waals surface area contributed by atoms with Crippen LogP contribution in [0.1, 0.15) is 34.9 Å². The van der Waals surface area contributed by atoms with Crippen molar-refractivity contribution in [2.24, 2.45) is 0 Å². The van der Waals surface area contributed by atoms with Gasteiger partial charge in [-0.3, -0.25) is 9.10 Å². The summed E-state index contributed by atoms with van der Waals surface area (Å²) in [4.78, 5) is 25.1. The van der Waals surface area contributed by atoms with Gasteiger partial charge in [0.15, 0.2) is 11.5 Å². The fraction of sp³-hybridized carbons (Fsp3) is 0.364. The van der Waals surface area contributed by atoms with Crippen LogP contribution in [-0.4, -0.2) is 53.9 Å². The van der Waals surface area contributed by atoms with Crippen LogP contribution in [0, 0.1) is 0 Å². The molecule has 10 nitrogen and oxygen atoms in total. The van der Waals surface area contributed by atoms with Crippen molar-refractivity contribution >= 4 is 33.3 Å². The number of cyclic esters (lactones) is 1. The second-order valence-corrected chi connectivity index (χ2v) is 9.55. The van der Waals surface area contributed by atoms with Gasteiger partial charge in [-0.25, -0.2) is 13.2 Å². The summed E-state index contributed by atoms with van der Waals surface area (Å²) in [5.74, 6) is 0.0983. The van der Waals surface area contributed by atoms with Crippen LogP contribution < -0.4 is 23.8 Å². The highest BCUT2D eigenvalue weighted by molar-refractivity contribution is 7.93. The van der Waals surface area contributed by atoms with Gasteiger partial charge in [-0.05, 0) is 24.6 Å². The molecule has 1 amide bonds. The Labute approximate surface area is 191 Å². The van der Waals surface area contributed by atoms with Crippen LogP contribution in [0.25, 0.3) is 0 Å². The molecule has 2 aliphatic heterocycles. The quantitative estimate of drug-likeness (QED) is 0.605. The van der Waals surface area contributed by atoms with Crippen LogP contribution in [0.4, 0.5) is 11.4 Å². The van der Waals surface area contributed by atoms with Crippen LogP contribution in [0.5, 0.6) is 17.2 Å². The Balaban J connectivity index is 1.51. The minimum absolute atomic E-state index is 0.0902. The number of hydrogen-bond acceptors (Lipinski definition) is 8. The maximum Gasteiger partial charge on any atom is 0.343 e. The molecule has 33 heavy (non-hydrogen) atoms. The van der Waals surface area contributed by atoms with Crippen LogP contribution in [0.3, 0.4) is 0 Å². The molecule has 4 rings (SSSR count). The lowest BCUT2D eigenvalue weighted by molar-refractivity contribution is -0.118. The van der Waals surface area contributed by atoms with Crippen molar-refractivity contribution in [3.05, 3.63) is 41.5 Å². The average Bonchev–Trinajstić information content (AvgIpc) is 3.30. The number of esters is 1. The fourth-order valence-electron chi connectivity index (χ4n) is 4.08. The first kappa shape index (κ1) is 22.7. The number of carbonyl (C=O) groups is 2. The molecule has 1 atom stereocenters. The number of amides is 1. The highest BCUT2D eigenvalue weighted by Crippen LogP contribution is 2.43. The van der Waals surface area contributed by atoms with Crippen molar-refractivity contribution < 1.29 is 37.0 Å². The lowest BCUT2D eigenvalue weighted by Gasteiger charge is -2.20. The van der Waals surface area contributed by atoms with Gasteiger partial charge >= 0.3 is 5.97 Å². The van der Waals surface area contributed by atoms with Gasteiger partial charge in [-0.2, -0.15) is 0 Å². The number of carbonyl (C=O) groups excluding carboxylic acids is 2. The van der Waals surface area contributed by atoms with Crippen molar-refractivity contribution in [3.63, 3.8) is 0 Å². The van der Waals surface area contributed by atoms with E-state index in [9.17, 15) is 18.0 Å². The van der Waals surface area contributed by atoms with Crippen molar-refractivity contribution in [3.8, 4) is 17.2 Å². The molecule has 2 heterocycles. The lowest BCUT2D eigenvalue weighted by Crippen LogP contribution is -2.25. The monoisotopic (exact) mass is 476 g/mol. The molecule has 2 aliphatic rings. The van der Waals surface area contributed by atoms with E-state index in [1.807, 2.05) is 0 Å². The molecule has 1 fully saturated rings. The van der Waals surface area contributed by atoms with Crippen molar-refractivity contribution in [1.82, 2.24) is 0 Å². The molecule has 0 saturated carbocycles. The summed E-state index contributed by atoms with van der Waals surface area (Å²) in [5.41, 5.74) is 1.63. The van der Waals surface area contributed by atoms with Gasteiger partial charge < -0.3 is 24.3 Å². The highest BCUT2D eigenvalue weighted by atomic mass is 32.2. The van der Waals surface area contributed by atoms with Gasteiger partial charge in [0.25, 0.3) is 0 Å². The SMILES string of the molecule is COc1cc(NC(=O)CC2OC(=O)c3c2ccc(OC)c3OC)ccc1N1CCCS1(=O)=O. The molecule has 1 saturated heterocycles. The van der Waals surface area contributed by atoms with Crippen LogP contribution >= 0.6 is 0 Å². The number of sulfonamides is 1. The first-order chi connectivity index (χ1) is 15.8. The van der Waals surface area contributed by atoms with Gasteiger partial charge in [0, 0.05) is 23.9 Å². The van der Waals surface area contributed by atoms with E-state index in [2.05, 4.69) is 5.32 Å². The van der Waals surface area contributed by atoms with E-state index in [0.717, 1.165) is 0 Å². The predicted molar refractivity (Wildman–Crippen MR) is 120 cm³/mol. The summed E-state index contributed by atoms with van der Waals surface area (Å²) in [7, 11) is 0.957. The standard InChI is InChI=1S/C22H24N2O8S/c1-29-16-8-6-14-17(32-22(26)20(14)21(16)31-3)12-19(25)23-13-5-7-15(18(11-13)30-2)24-9-4-10-33(24,27)28/h5-8,11,17H,4,9-10,12H2,1-3H3,(H,23,25). The first-order valence-corrected chi connectivity index (χ1v) is 11.8. The fourth-order valence-corrected chi connectivity index (χ4v) is 5.65. The first-order valence-electron chi connectivity index (χ1n) is 10.2. The molecule has 176 valence electrons. The van der Waals surface area contributed by atoms with Gasteiger partial charge in [-0.15, -0.1) is 0 Å². The third-order valence-corrected chi connectivity index (χ3v) is 7.44. The maximum atomic E-state index is 12.7. The number of rotatable bonds is 7. The number of hydrogen-bond donors (Lipinski definition) is 1. The number of anilines is 2. The molecule has 1 N–H and O–H groups in total. The minimum atomic E-state index is -3.37. The molecule has 1 unspecified atom stereocenters. The summed E-state index contributed by atoms with van der Waals surface area (Å²) < 4.78 is 47.1. The maximum absolute atomic E-state index is 12.7. The number of methoxy groups -OCH3 is 3. The zero-order valence-corrected chi connectivity index (χ0v) is 19.2. The lowest BCUT2D eigenvalue weighted by atomic mass is 10.0. The number of fused-ring (bicyclic) bond motifs is 1. The molecule has 0 aliphatic carbocycles. The molecular weight excluding hydrogens is 452 g/mol. The van der Waals surface area contributed by atoms with Crippen molar-refractivity contribution in [1.29, 1.82) is 0 Å². The van der Waals surface area contributed by atoms with Crippen LogP contribution in [-0.2, 0) is 19.6 Å². The number of ether oxygens (including phenoxy) is 4. The zero-order valence-electron chi connectivity index (χ0n) is 18.4. The molecular formula is C22H24N2O8S. The van der Waals surface area contributed by atoms with Gasteiger partial charge in [0.2, 0.25) is 15.9 Å². The topological polar surface area (TPSA) is 120 Å².